The van der Waals surface area contributed by atoms with Crippen molar-refractivity contribution < 1.29 is 14.5 Å². The molecule has 3 N–H and O–H groups in total. The summed E-state index contributed by atoms with van der Waals surface area (Å²) in [6.07, 6.45) is -0.0633. The fourth-order valence-electron chi connectivity index (χ4n) is 2.18. The SMILES string of the molecule is NC(=O)[C@H](Cc1ccccc1[N+](=O)[O-])NC(=O)c1cccc(Br)c1. The van der Waals surface area contributed by atoms with Crippen LogP contribution in [0.25, 0.3) is 0 Å². The molecule has 1 atom stereocenters. The van der Waals surface area contributed by atoms with Crippen LogP contribution in [-0.4, -0.2) is 22.8 Å². The van der Waals surface area contributed by atoms with Crippen LogP contribution in [0.4, 0.5) is 5.69 Å². The summed E-state index contributed by atoms with van der Waals surface area (Å²) < 4.78 is 0.712. The molecular formula is C16H14BrN3O4. The number of hydrogen-bond donors (Lipinski definition) is 2. The summed E-state index contributed by atoms with van der Waals surface area (Å²) in [6, 6.07) is 11.6. The number of nitrogens with two attached hydrogens (primary N) is 1. The maximum Gasteiger partial charge on any atom is 0.272 e. The Balaban J connectivity index is 2.20. The highest BCUT2D eigenvalue weighted by molar-refractivity contribution is 9.10. The molecule has 0 heterocycles. The monoisotopic (exact) mass is 391 g/mol. The van der Waals surface area contributed by atoms with Crippen LogP contribution in [-0.2, 0) is 11.2 Å². The summed E-state index contributed by atoms with van der Waals surface area (Å²) in [5.74, 6) is -1.25. The molecule has 2 amide bonds. The minimum absolute atomic E-state index is 0.0633. The van der Waals surface area contributed by atoms with Crippen LogP contribution in [0.2, 0.25) is 0 Å². The average Bonchev–Trinajstić information content (AvgIpc) is 2.54. The molecule has 124 valence electrons. The predicted octanol–water partition coefficient (Wildman–Crippen LogP) is 2.18. The van der Waals surface area contributed by atoms with Gasteiger partial charge in [-0.2, -0.15) is 0 Å². The van der Waals surface area contributed by atoms with Crippen LogP contribution in [0.1, 0.15) is 15.9 Å². The van der Waals surface area contributed by atoms with E-state index in [9.17, 15) is 19.7 Å². The van der Waals surface area contributed by atoms with E-state index in [-0.39, 0.29) is 12.1 Å². The first kappa shape index (κ1) is 17.6. The minimum atomic E-state index is -1.06. The molecule has 7 nitrogen and oxygen atoms in total. The van der Waals surface area contributed by atoms with Gasteiger partial charge in [0.1, 0.15) is 6.04 Å². The number of carbonyl (C=O) groups is 2. The molecule has 0 radical (unpaired) electrons. The van der Waals surface area contributed by atoms with Gasteiger partial charge in [-0.1, -0.05) is 40.2 Å². The van der Waals surface area contributed by atoms with Gasteiger partial charge in [0, 0.05) is 28.1 Å². The predicted molar refractivity (Wildman–Crippen MR) is 91.4 cm³/mol. The lowest BCUT2D eigenvalue weighted by Crippen LogP contribution is -2.45. The number of primary amides is 1. The lowest BCUT2D eigenvalue weighted by molar-refractivity contribution is -0.385. The lowest BCUT2D eigenvalue weighted by atomic mass is 10.0. The van der Waals surface area contributed by atoms with Crippen LogP contribution in [0, 0.1) is 10.1 Å². The molecule has 2 rings (SSSR count). The van der Waals surface area contributed by atoms with Gasteiger partial charge in [-0.3, -0.25) is 19.7 Å². The summed E-state index contributed by atoms with van der Waals surface area (Å²) in [6.45, 7) is 0. The average molecular weight is 392 g/mol. The first-order valence-corrected chi connectivity index (χ1v) is 7.76. The van der Waals surface area contributed by atoms with Crippen molar-refractivity contribution >= 4 is 33.4 Å². The molecule has 8 heteroatoms. The molecule has 0 bridgehead atoms. The lowest BCUT2D eigenvalue weighted by Gasteiger charge is -2.16. The summed E-state index contributed by atoms with van der Waals surface area (Å²) in [4.78, 5) is 34.4. The van der Waals surface area contributed by atoms with E-state index in [0.717, 1.165) is 0 Å². The van der Waals surface area contributed by atoms with Crippen LogP contribution in [0.3, 0.4) is 0 Å². The standard InChI is InChI=1S/C16H14BrN3O4/c17-12-6-3-5-11(8-12)16(22)19-13(15(18)21)9-10-4-1-2-7-14(10)20(23)24/h1-8,13H,9H2,(H2,18,21)(H,19,22)/t13-/m0/s1. The van der Waals surface area contributed by atoms with Crippen molar-refractivity contribution in [3.8, 4) is 0 Å². The zero-order valence-electron chi connectivity index (χ0n) is 12.4. The number of para-hydroxylation sites is 1. The summed E-state index contributed by atoms with van der Waals surface area (Å²) in [5.41, 5.74) is 5.88. The highest BCUT2D eigenvalue weighted by atomic mass is 79.9. The Morgan fingerprint density at radius 2 is 1.92 bits per heavy atom. The third kappa shape index (κ3) is 4.39. The third-order valence-electron chi connectivity index (χ3n) is 3.35. The number of halogens is 1. The maximum absolute atomic E-state index is 12.2. The van der Waals surface area contributed by atoms with E-state index >= 15 is 0 Å². The van der Waals surface area contributed by atoms with E-state index in [1.807, 2.05) is 0 Å². The van der Waals surface area contributed by atoms with Crippen LogP contribution < -0.4 is 11.1 Å². The van der Waals surface area contributed by atoms with E-state index in [0.29, 0.717) is 15.6 Å². The van der Waals surface area contributed by atoms with Gasteiger partial charge in [0.2, 0.25) is 5.91 Å². The highest BCUT2D eigenvalue weighted by Gasteiger charge is 2.23. The molecule has 0 aliphatic heterocycles. The van der Waals surface area contributed by atoms with Crippen molar-refractivity contribution in [3.05, 3.63) is 74.2 Å². The van der Waals surface area contributed by atoms with Gasteiger partial charge in [0.25, 0.3) is 11.6 Å². The second-order valence-corrected chi connectivity index (χ2v) is 5.94. The number of nitro groups is 1. The summed E-state index contributed by atoms with van der Waals surface area (Å²) in [7, 11) is 0. The van der Waals surface area contributed by atoms with Crippen molar-refractivity contribution in [2.75, 3.05) is 0 Å². The first-order valence-electron chi connectivity index (χ1n) is 6.96. The molecular weight excluding hydrogens is 378 g/mol. The van der Waals surface area contributed by atoms with E-state index in [4.69, 9.17) is 5.73 Å². The summed E-state index contributed by atoms with van der Waals surface area (Å²) in [5, 5.41) is 13.6. The van der Waals surface area contributed by atoms with Crippen LogP contribution in [0.15, 0.2) is 53.0 Å². The number of amides is 2. The number of nitrogens with zero attached hydrogens (tertiary/aromatic N) is 1. The number of carbonyl (C=O) groups excluding carboxylic acids is 2. The molecule has 0 unspecified atom stereocenters. The second-order valence-electron chi connectivity index (χ2n) is 5.03. The summed E-state index contributed by atoms with van der Waals surface area (Å²) >= 11 is 3.26. The number of rotatable bonds is 6. The fraction of sp³-hybridized carbons (Fsp3) is 0.125. The smallest absolute Gasteiger partial charge is 0.272 e. The van der Waals surface area contributed by atoms with Crippen molar-refractivity contribution in [2.45, 2.75) is 12.5 Å². The van der Waals surface area contributed by atoms with Gasteiger partial charge in [0.05, 0.1) is 4.92 Å². The largest absolute Gasteiger partial charge is 0.368 e. The highest BCUT2D eigenvalue weighted by Crippen LogP contribution is 2.19. The van der Waals surface area contributed by atoms with E-state index < -0.39 is 22.8 Å². The maximum atomic E-state index is 12.2. The van der Waals surface area contributed by atoms with Crippen LogP contribution >= 0.6 is 15.9 Å². The van der Waals surface area contributed by atoms with Crippen molar-refractivity contribution in [1.29, 1.82) is 0 Å². The van der Waals surface area contributed by atoms with Crippen molar-refractivity contribution in [2.24, 2.45) is 5.73 Å². The van der Waals surface area contributed by atoms with Gasteiger partial charge >= 0.3 is 0 Å². The molecule has 0 spiro atoms. The van der Waals surface area contributed by atoms with E-state index in [1.165, 1.54) is 18.2 Å². The Bertz CT molecular complexity index is 794. The molecule has 24 heavy (non-hydrogen) atoms. The molecule has 0 saturated heterocycles. The Kier molecular flexibility index (Phi) is 5.64. The van der Waals surface area contributed by atoms with Gasteiger partial charge in [-0.05, 0) is 18.2 Å². The fourth-order valence-corrected chi connectivity index (χ4v) is 2.57. The van der Waals surface area contributed by atoms with Crippen LogP contribution in [0.5, 0.6) is 0 Å². The normalized spacial score (nSPS) is 11.5. The van der Waals surface area contributed by atoms with E-state index in [1.54, 1.807) is 30.3 Å². The molecule has 0 aromatic heterocycles. The van der Waals surface area contributed by atoms with Gasteiger partial charge in [0.15, 0.2) is 0 Å². The number of benzene rings is 2. The second kappa shape index (κ2) is 7.69. The Labute approximate surface area is 146 Å². The van der Waals surface area contributed by atoms with Gasteiger partial charge in [-0.15, -0.1) is 0 Å². The van der Waals surface area contributed by atoms with Crippen molar-refractivity contribution in [3.63, 3.8) is 0 Å². The molecule has 0 aliphatic rings. The first-order chi connectivity index (χ1) is 11.4. The van der Waals surface area contributed by atoms with E-state index in [2.05, 4.69) is 21.2 Å². The van der Waals surface area contributed by atoms with Gasteiger partial charge < -0.3 is 11.1 Å². The zero-order valence-corrected chi connectivity index (χ0v) is 14.0. The number of nitro benzene ring substituents is 1. The minimum Gasteiger partial charge on any atom is -0.368 e. The Morgan fingerprint density at radius 1 is 1.21 bits per heavy atom. The van der Waals surface area contributed by atoms with Crippen molar-refractivity contribution in [1.82, 2.24) is 5.32 Å². The molecule has 2 aromatic rings. The third-order valence-corrected chi connectivity index (χ3v) is 3.84. The Hall–Kier alpha value is -2.74. The zero-order chi connectivity index (χ0) is 17.7. The quantitative estimate of drug-likeness (QED) is 0.579. The molecule has 0 fully saturated rings. The Morgan fingerprint density at radius 3 is 2.54 bits per heavy atom. The van der Waals surface area contributed by atoms with Gasteiger partial charge in [-0.25, -0.2) is 0 Å². The molecule has 0 aliphatic carbocycles. The number of hydrogen-bond acceptors (Lipinski definition) is 4. The topological polar surface area (TPSA) is 115 Å². The molecule has 0 saturated carbocycles. The molecule has 2 aromatic carbocycles. The number of nitrogens with one attached hydrogen (secondary N) is 1.